The number of nitrogens with zero attached hydrogens (tertiary/aromatic N) is 2. The van der Waals surface area contributed by atoms with Gasteiger partial charge in [0, 0.05) is 41.8 Å². The fraction of sp³-hybridized carbons (Fsp3) is 0.250. The highest BCUT2D eigenvalue weighted by atomic mass is 19.1. The van der Waals surface area contributed by atoms with E-state index in [1.54, 1.807) is 18.2 Å². The van der Waals surface area contributed by atoms with E-state index in [1.165, 1.54) is 18.2 Å². The molecule has 2 aromatic carbocycles. The van der Waals surface area contributed by atoms with E-state index >= 15 is 0 Å². The Labute approximate surface area is 175 Å². The van der Waals surface area contributed by atoms with Crippen molar-refractivity contribution < 1.29 is 13.9 Å². The normalized spacial score (nSPS) is 10.9. The Morgan fingerprint density at radius 3 is 2.77 bits per heavy atom. The topological polar surface area (TPSA) is 67.0 Å². The molecule has 1 heterocycles. The van der Waals surface area contributed by atoms with Gasteiger partial charge in [0.15, 0.2) is 0 Å². The molecule has 1 amide bonds. The number of aromatic nitrogens is 1. The number of nitrogens with one attached hydrogen (secondary N) is 1. The molecule has 1 N–H and O–H groups in total. The van der Waals surface area contributed by atoms with Gasteiger partial charge in [-0.15, -0.1) is 0 Å². The van der Waals surface area contributed by atoms with Gasteiger partial charge in [-0.25, -0.2) is 4.39 Å². The molecule has 0 unspecified atom stereocenters. The summed E-state index contributed by atoms with van der Waals surface area (Å²) in [5.74, 6) is 0.199. The SMILES string of the molecule is N#CCCn1cc(/C=C/C(=O)NCCCCOc2ccc(F)cc2)c2ccccc21. The van der Waals surface area contributed by atoms with Crippen molar-refractivity contribution in [2.24, 2.45) is 0 Å². The summed E-state index contributed by atoms with van der Waals surface area (Å²) in [5.41, 5.74) is 2.00. The van der Waals surface area contributed by atoms with Crippen LogP contribution < -0.4 is 10.1 Å². The number of hydrogen-bond donors (Lipinski definition) is 1. The zero-order valence-electron chi connectivity index (χ0n) is 16.7. The number of carbonyl (C=O) groups excluding carboxylic acids is 1. The van der Waals surface area contributed by atoms with Gasteiger partial charge in [0.25, 0.3) is 0 Å². The largest absolute Gasteiger partial charge is 0.494 e. The molecule has 0 radical (unpaired) electrons. The van der Waals surface area contributed by atoms with Gasteiger partial charge in [0.2, 0.25) is 5.91 Å². The molecule has 0 aliphatic rings. The van der Waals surface area contributed by atoms with Gasteiger partial charge < -0.3 is 14.6 Å². The van der Waals surface area contributed by atoms with Crippen molar-refractivity contribution in [1.29, 1.82) is 5.26 Å². The molecule has 6 heteroatoms. The van der Waals surface area contributed by atoms with Gasteiger partial charge >= 0.3 is 0 Å². The molecule has 0 aliphatic carbocycles. The van der Waals surface area contributed by atoms with Crippen LogP contribution in [-0.2, 0) is 11.3 Å². The van der Waals surface area contributed by atoms with Gasteiger partial charge in [-0.05, 0) is 49.2 Å². The van der Waals surface area contributed by atoms with Crippen LogP contribution in [0.25, 0.3) is 17.0 Å². The Morgan fingerprint density at radius 1 is 1.17 bits per heavy atom. The Balaban J connectivity index is 1.43. The number of unbranched alkanes of at least 4 members (excludes halogenated alkanes) is 1. The summed E-state index contributed by atoms with van der Waals surface area (Å²) < 4.78 is 20.4. The number of halogens is 1. The Kier molecular flexibility index (Phi) is 7.62. The maximum Gasteiger partial charge on any atom is 0.244 e. The van der Waals surface area contributed by atoms with Crippen molar-refractivity contribution in [1.82, 2.24) is 9.88 Å². The van der Waals surface area contributed by atoms with Gasteiger partial charge in [0.05, 0.1) is 19.1 Å². The molecular weight excluding hydrogens is 381 g/mol. The molecule has 30 heavy (non-hydrogen) atoms. The average Bonchev–Trinajstić information content (AvgIpc) is 3.12. The summed E-state index contributed by atoms with van der Waals surface area (Å²) in [6.07, 6.45) is 7.32. The lowest BCUT2D eigenvalue weighted by molar-refractivity contribution is -0.116. The summed E-state index contributed by atoms with van der Waals surface area (Å²) in [7, 11) is 0. The van der Waals surface area contributed by atoms with Crippen LogP contribution in [0.2, 0.25) is 0 Å². The van der Waals surface area contributed by atoms with Crippen LogP contribution in [0.5, 0.6) is 5.75 Å². The zero-order chi connectivity index (χ0) is 21.2. The predicted octanol–water partition coefficient (Wildman–Crippen LogP) is 4.68. The fourth-order valence-corrected chi connectivity index (χ4v) is 3.15. The highest BCUT2D eigenvalue weighted by molar-refractivity contribution is 5.96. The van der Waals surface area contributed by atoms with Crippen molar-refractivity contribution in [3.05, 3.63) is 72.2 Å². The molecular formula is C24H24FN3O2. The second kappa shape index (κ2) is 10.8. The van der Waals surface area contributed by atoms with E-state index in [9.17, 15) is 9.18 Å². The maximum absolute atomic E-state index is 12.8. The Morgan fingerprint density at radius 2 is 1.97 bits per heavy atom. The quantitative estimate of drug-likeness (QED) is 0.393. The number of aryl methyl sites for hydroxylation is 1. The highest BCUT2D eigenvalue weighted by Gasteiger charge is 2.06. The van der Waals surface area contributed by atoms with Crippen LogP contribution in [0, 0.1) is 17.1 Å². The number of carbonyl (C=O) groups is 1. The number of nitriles is 1. The first kappa shape index (κ1) is 21.1. The molecule has 0 fully saturated rings. The lowest BCUT2D eigenvalue weighted by atomic mass is 10.1. The lowest BCUT2D eigenvalue weighted by Gasteiger charge is -2.06. The van der Waals surface area contributed by atoms with Crippen molar-refractivity contribution >= 4 is 22.9 Å². The van der Waals surface area contributed by atoms with Crippen LogP contribution in [0.4, 0.5) is 4.39 Å². The number of amides is 1. The molecule has 0 bridgehead atoms. The van der Waals surface area contributed by atoms with Crippen molar-refractivity contribution in [2.75, 3.05) is 13.2 Å². The molecule has 0 atom stereocenters. The number of ether oxygens (including phenoxy) is 1. The van der Waals surface area contributed by atoms with E-state index in [-0.39, 0.29) is 11.7 Å². The third-order valence-corrected chi connectivity index (χ3v) is 4.65. The molecule has 0 spiro atoms. The van der Waals surface area contributed by atoms with E-state index in [1.807, 2.05) is 35.0 Å². The minimum absolute atomic E-state index is 0.150. The minimum atomic E-state index is -0.287. The molecule has 5 nitrogen and oxygen atoms in total. The summed E-state index contributed by atoms with van der Waals surface area (Å²) in [6, 6.07) is 16.0. The molecule has 0 saturated carbocycles. The van der Waals surface area contributed by atoms with Crippen LogP contribution in [0.3, 0.4) is 0 Å². The van der Waals surface area contributed by atoms with Gasteiger partial charge in [-0.1, -0.05) is 18.2 Å². The van der Waals surface area contributed by atoms with Crippen LogP contribution in [0.15, 0.2) is 60.8 Å². The number of para-hydroxylation sites is 1. The number of benzene rings is 2. The first-order valence-corrected chi connectivity index (χ1v) is 9.96. The van der Waals surface area contributed by atoms with Crippen LogP contribution >= 0.6 is 0 Å². The van der Waals surface area contributed by atoms with E-state index in [4.69, 9.17) is 10.00 Å². The van der Waals surface area contributed by atoms with Crippen LogP contribution in [0.1, 0.15) is 24.8 Å². The van der Waals surface area contributed by atoms with Crippen molar-refractivity contribution in [3.63, 3.8) is 0 Å². The zero-order valence-corrected chi connectivity index (χ0v) is 16.7. The van der Waals surface area contributed by atoms with Gasteiger partial charge in [-0.2, -0.15) is 5.26 Å². The van der Waals surface area contributed by atoms with E-state index in [2.05, 4.69) is 11.4 Å². The Bertz CT molecular complexity index is 1050. The summed E-state index contributed by atoms with van der Waals surface area (Å²) in [6.45, 7) is 1.69. The monoisotopic (exact) mass is 405 g/mol. The number of hydrogen-bond acceptors (Lipinski definition) is 3. The molecule has 0 aliphatic heterocycles. The maximum atomic E-state index is 12.8. The van der Waals surface area contributed by atoms with Crippen molar-refractivity contribution in [3.8, 4) is 11.8 Å². The molecule has 1 aromatic heterocycles. The standard InChI is InChI=1S/C24H24FN3O2/c25-20-9-11-21(12-10-20)30-17-4-3-15-27-24(29)13-8-19-18-28(16-5-14-26)23-7-2-1-6-22(19)23/h1-2,6-13,18H,3-5,15-17H2,(H,27,29)/b13-8+. The van der Waals surface area contributed by atoms with Crippen molar-refractivity contribution in [2.45, 2.75) is 25.8 Å². The third-order valence-electron chi connectivity index (χ3n) is 4.65. The second-order valence-electron chi connectivity index (χ2n) is 6.84. The lowest BCUT2D eigenvalue weighted by Crippen LogP contribution is -2.22. The molecule has 3 rings (SSSR count). The highest BCUT2D eigenvalue weighted by Crippen LogP contribution is 2.22. The number of rotatable bonds is 10. The second-order valence-corrected chi connectivity index (χ2v) is 6.84. The van der Waals surface area contributed by atoms with Gasteiger partial charge in [-0.3, -0.25) is 4.79 Å². The Hall–Kier alpha value is -3.59. The first-order chi connectivity index (χ1) is 14.7. The molecule has 3 aromatic rings. The first-order valence-electron chi connectivity index (χ1n) is 9.96. The van der Waals surface area contributed by atoms with Gasteiger partial charge in [0.1, 0.15) is 11.6 Å². The van der Waals surface area contributed by atoms with Crippen LogP contribution in [-0.4, -0.2) is 23.6 Å². The fourth-order valence-electron chi connectivity index (χ4n) is 3.15. The summed E-state index contributed by atoms with van der Waals surface area (Å²) in [4.78, 5) is 12.1. The average molecular weight is 405 g/mol. The smallest absolute Gasteiger partial charge is 0.244 e. The van der Waals surface area contributed by atoms with E-state index in [0.29, 0.717) is 31.9 Å². The summed E-state index contributed by atoms with van der Waals surface area (Å²) in [5, 5.41) is 12.8. The van der Waals surface area contributed by atoms with E-state index in [0.717, 1.165) is 29.3 Å². The van der Waals surface area contributed by atoms with E-state index < -0.39 is 0 Å². The predicted molar refractivity (Wildman–Crippen MR) is 115 cm³/mol. The minimum Gasteiger partial charge on any atom is -0.494 e. The third kappa shape index (κ3) is 5.95. The molecule has 154 valence electrons. The summed E-state index contributed by atoms with van der Waals surface area (Å²) >= 11 is 0. The molecule has 0 saturated heterocycles. The number of fused-ring (bicyclic) bond motifs is 1.